The molecule has 0 aliphatic heterocycles. The van der Waals surface area contributed by atoms with Crippen LogP contribution in [0.5, 0.6) is 0 Å². The van der Waals surface area contributed by atoms with Crippen LogP contribution in [0.4, 0.5) is 0 Å². The first kappa shape index (κ1) is 10.5. The zero-order chi connectivity index (χ0) is 11.8. The summed E-state index contributed by atoms with van der Waals surface area (Å²) < 4.78 is 2.26. The van der Waals surface area contributed by atoms with Crippen molar-refractivity contribution in [1.82, 2.24) is 9.55 Å². The Morgan fingerprint density at radius 1 is 1.18 bits per heavy atom. The fourth-order valence-electron chi connectivity index (χ4n) is 2.03. The van der Waals surface area contributed by atoms with Gasteiger partial charge in [0.2, 0.25) is 0 Å². The maximum atomic E-state index is 4.59. The Kier molecular flexibility index (Phi) is 2.48. The summed E-state index contributed by atoms with van der Waals surface area (Å²) in [5.74, 6) is 0. The number of hydrogen-bond donors (Lipinski definition) is 0. The highest BCUT2D eigenvalue weighted by Gasteiger charge is 2.06. The maximum absolute atomic E-state index is 4.59. The predicted octanol–water partition coefficient (Wildman–Crippen LogP) is 3.76. The fourth-order valence-corrected chi connectivity index (χ4v) is 2.96. The van der Waals surface area contributed by atoms with Crippen LogP contribution in [0.25, 0.3) is 10.9 Å². The van der Waals surface area contributed by atoms with E-state index in [0.717, 1.165) is 12.2 Å². The third-order valence-electron chi connectivity index (χ3n) is 3.06. The summed E-state index contributed by atoms with van der Waals surface area (Å²) in [5, 5.41) is 2.47. The van der Waals surface area contributed by atoms with Gasteiger partial charge < -0.3 is 4.57 Å². The third kappa shape index (κ3) is 1.87. The minimum Gasteiger partial charge on any atom is -0.341 e. The van der Waals surface area contributed by atoms with Gasteiger partial charge in [-0.3, -0.25) is 0 Å². The van der Waals surface area contributed by atoms with Gasteiger partial charge >= 0.3 is 0 Å². The summed E-state index contributed by atoms with van der Waals surface area (Å²) in [6.45, 7) is 5.07. The summed E-state index contributed by atoms with van der Waals surface area (Å²) in [7, 11) is 0. The van der Waals surface area contributed by atoms with E-state index in [9.17, 15) is 0 Å². The van der Waals surface area contributed by atoms with Crippen LogP contribution in [0.2, 0.25) is 0 Å². The molecule has 3 heteroatoms. The number of aryl methyl sites for hydroxylation is 2. The highest BCUT2D eigenvalue weighted by molar-refractivity contribution is 7.11. The van der Waals surface area contributed by atoms with Gasteiger partial charge in [0.25, 0.3) is 0 Å². The second-order valence-electron chi connectivity index (χ2n) is 4.25. The van der Waals surface area contributed by atoms with E-state index < -0.39 is 0 Å². The van der Waals surface area contributed by atoms with Crippen molar-refractivity contribution in [3.05, 3.63) is 52.1 Å². The number of rotatable bonds is 2. The lowest BCUT2D eigenvalue weighted by molar-refractivity contribution is 0.824. The van der Waals surface area contributed by atoms with Crippen LogP contribution in [0.3, 0.4) is 0 Å². The number of hydrogen-bond acceptors (Lipinski definition) is 2. The van der Waals surface area contributed by atoms with Crippen molar-refractivity contribution < 1.29 is 0 Å². The molecule has 0 atom stereocenters. The van der Waals surface area contributed by atoms with Crippen LogP contribution in [-0.4, -0.2) is 9.55 Å². The Balaban J connectivity index is 2.00. The molecule has 0 radical (unpaired) electrons. The Labute approximate surface area is 105 Å². The Morgan fingerprint density at radius 3 is 2.76 bits per heavy atom. The standard InChI is InChI=1S/C14H14N2S/c1-10-11(2)17-14(15-10)9-16-8-7-12-5-3-4-6-13(12)16/h3-8H,9H2,1-2H3. The number of thiazole rings is 1. The van der Waals surface area contributed by atoms with Crippen molar-refractivity contribution in [2.75, 3.05) is 0 Å². The van der Waals surface area contributed by atoms with Gasteiger partial charge in [-0.15, -0.1) is 11.3 Å². The van der Waals surface area contributed by atoms with E-state index in [1.165, 1.54) is 20.8 Å². The minimum atomic E-state index is 0.868. The van der Waals surface area contributed by atoms with Gasteiger partial charge in [0.05, 0.1) is 12.2 Å². The molecule has 0 unspecified atom stereocenters. The highest BCUT2D eigenvalue weighted by Crippen LogP contribution is 2.20. The monoisotopic (exact) mass is 242 g/mol. The number of fused-ring (bicyclic) bond motifs is 1. The van der Waals surface area contributed by atoms with E-state index >= 15 is 0 Å². The lowest BCUT2D eigenvalue weighted by atomic mass is 10.2. The van der Waals surface area contributed by atoms with E-state index in [-0.39, 0.29) is 0 Å². The summed E-state index contributed by atoms with van der Waals surface area (Å²) in [4.78, 5) is 5.91. The van der Waals surface area contributed by atoms with E-state index in [2.05, 4.69) is 59.9 Å². The Hall–Kier alpha value is -1.61. The van der Waals surface area contributed by atoms with Crippen LogP contribution in [0, 0.1) is 13.8 Å². The Morgan fingerprint density at radius 2 is 2.00 bits per heavy atom. The zero-order valence-electron chi connectivity index (χ0n) is 9.97. The normalized spacial score (nSPS) is 11.2. The predicted molar refractivity (Wildman–Crippen MR) is 72.6 cm³/mol. The second-order valence-corrected chi connectivity index (χ2v) is 5.54. The average molecular weight is 242 g/mol. The molecule has 0 N–H and O–H groups in total. The molecule has 3 rings (SSSR count). The maximum Gasteiger partial charge on any atom is 0.113 e. The summed E-state index contributed by atoms with van der Waals surface area (Å²) in [6, 6.07) is 10.6. The molecule has 2 aromatic heterocycles. The molecule has 86 valence electrons. The number of benzene rings is 1. The molecule has 0 fully saturated rings. The van der Waals surface area contributed by atoms with Crippen molar-refractivity contribution in [3.63, 3.8) is 0 Å². The van der Waals surface area contributed by atoms with Crippen LogP contribution in [0.15, 0.2) is 36.5 Å². The van der Waals surface area contributed by atoms with Crippen molar-refractivity contribution in [2.24, 2.45) is 0 Å². The first-order chi connectivity index (χ1) is 8.24. The zero-order valence-corrected chi connectivity index (χ0v) is 10.8. The largest absolute Gasteiger partial charge is 0.341 e. The van der Waals surface area contributed by atoms with Crippen molar-refractivity contribution in [1.29, 1.82) is 0 Å². The molecule has 2 nitrogen and oxygen atoms in total. The number of para-hydroxylation sites is 1. The molecule has 1 aromatic carbocycles. The molecular formula is C14H14N2S. The quantitative estimate of drug-likeness (QED) is 0.669. The summed E-state index contributed by atoms with van der Waals surface area (Å²) >= 11 is 1.79. The van der Waals surface area contributed by atoms with Crippen LogP contribution >= 0.6 is 11.3 Å². The number of aromatic nitrogens is 2. The van der Waals surface area contributed by atoms with Crippen molar-refractivity contribution in [3.8, 4) is 0 Å². The molecule has 0 saturated carbocycles. The van der Waals surface area contributed by atoms with Crippen LogP contribution in [0.1, 0.15) is 15.6 Å². The topological polar surface area (TPSA) is 17.8 Å². The fraction of sp³-hybridized carbons (Fsp3) is 0.214. The van der Waals surface area contributed by atoms with Gasteiger partial charge in [-0.25, -0.2) is 4.98 Å². The lowest BCUT2D eigenvalue weighted by Crippen LogP contribution is -1.96. The molecule has 0 amide bonds. The first-order valence-electron chi connectivity index (χ1n) is 5.71. The van der Waals surface area contributed by atoms with E-state index in [0.29, 0.717) is 0 Å². The van der Waals surface area contributed by atoms with Gasteiger partial charge in [-0.1, -0.05) is 18.2 Å². The molecule has 0 bridgehead atoms. The highest BCUT2D eigenvalue weighted by atomic mass is 32.1. The van der Waals surface area contributed by atoms with Gasteiger partial charge in [0, 0.05) is 16.6 Å². The SMILES string of the molecule is Cc1nc(Cn2ccc3ccccc32)sc1C. The van der Waals surface area contributed by atoms with Gasteiger partial charge in [-0.05, 0) is 31.4 Å². The van der Waals surface area contributed by atoms with Crippen LogP contribution < -0.4 is 0 Å². The molecule has 17 heavy (non-hydrogen) atoms. The smallest absolute Gasteiger partial charge is 0.113 e. The van der Waals surface area contributed by atoms with E-state index in [1.54, 1.807) is 11.3 Å². The second kappa shape index (κ2) is 4.00. The molecule has 0 aliphatic rings. The Bertz CT molecular complexity index is 644. The van der Waals surface area contributed by atoms with Gasteiger partial charge in [0.15, 0.2) is 0 Å². The summed E-state index contributed by atoms with van der Waals surface area (Å²) in [5.41, 5.74) is 2.43. The number of nitrogens with zero attached hydrogens (tertiary/aromatic N) is 2. The average Bonchev–Trinajstić information content (AvgIpc) is 2.85. The van der Waals surface area contributed by atoms with Crippen molar-refractivity contribution >= 4 is 22.2 Å². The van der Waals surface area contributed by atoms with E-state index in [1.807, 2.05) is 0 Å². The third-order valence-corrected chi connectivity index (χ3v) is 4.12. The summed E-state index contributed by atoms with van der Waals surface area (Å²) in [6.07, 6.45) is 2.14. The van der Waals surface area contributed by atoms with Crippen molar-refractivity contribution in [2.45, 2.75) is 20.4 Å². The van der Waals surface area contributed by atoms with Crippen LogP contribution in [-0.2, 0) is 6.54 Å². The first-order valence-corrected chi connectivity index (χ1v) is 6.52. The minimum absolute atomic E-state index is 0.868. The van der Waals surface area contributed by atoms with Gasteiger partial charge in [0.1, 0.15) is 5.01 Å². The molecular weight excluding hydrogens is 228 g/mol. The van der Waals surface area contributed by atoms with E-state index in [4.69, 9.17) is 0 Å². The molecule has 2 heterocycles. The molecule has 0 saturated heterocycles. The molecule has 3 aromatic rings. The van der Waals surface area contributed by atoms with Gasteiger partial charge in [-0.2, -0.15) is 0 Å². The lowest BCUT2D eigenvalue weighted by Gasteiger charge is -2.01. The molecule has 0 aliphatic carbocycles. The molecule has 0 spiro atoms.